The first-order valence-electron chi connectivity index (χ1n) is 5.78. The van der Waals surface area contributed by atoms with Crippen molar-refractivity contribution in [3.63, 3.8) is 0 Å². The van der Waals surface area contributed by atoms with Crippen LogP contribution in [0.1, 0.15) is 26.2 Å². The summed E-state index contributed by atoms with van der Waals surface area (Å²) in [7, 11) is -4.33. The van der Waals surface area contributed by atoms with Crippen molar-refractivity contribution in [3.05, 3.63) is 12.2 Å². The second kappa shape index (κ2) is 5.70. The van der Waals surface area contributed by atoms with Crippen molar-refractivity contribution in [1.29, 1.82) is 0 Å². The molecule has 1 saturated carbocycles. The molecule has 1 rings (SSSR count). The average Bonchev–Trinajstić information content (AvgIpc) is 2.27. The molecule has 1 amide bonds. The largest absolute Gasteiger partial charge is 0.481 e. The summed E-state index contributed by atoms with van der Waals surface area (Å²) < 4.78 is 31.7. The zero-order valence-electron chi connectivity index (χ0n) is 10.5. The summed E-state index contributed by atoms with van der Waals surface area (Å²) in [6, 6.07) is -0.922. The third kappa shape index (κ3) is 4.03. The van der Waals surface area contributed by atoms with E-state index in [1.165, 1.54) is 6.92 Å². The Morgan fingerprint density at radius 3 is 2.32 bits per heavy atom. The maximum atomic E-state index is 11.5. The van der Waals surface area contributed by atoms with E-state index in [1.807, 2.05) is 0 Å². The van der Waals surface area contributed by atoms with E-state index < -0.39 is 39.2 Å². The second-order valence-corrected chi connectivity index (χ2v) is 6.40. The Balaban J connectivity index is 2.91. The third-order valence-corrected chi connectivity index (χ3v) is 4.55. The molecular formula is C11H17NO6S. The summed E-state index contributed by atoms with van der Waals surface area (Å²) in [5, 5.41) is 10.2. The molecule has 0 heterocycles. The maximum absolute atomic E-state index is 11.5. The Kier molecular flexibility index (Phi) is 4.70. The van der Waals surface area contributed by atoms with Gasteiger partial charge < -0.3 is 10.4 Å². The van der Waals surface area contributed by atoms with Crippen LogP contribution in [0.2, 0.25) is 0 Å². The lowest BCUT2D eigenvalue weighted by molar-refractivity contribution is -0.143. The molecule has 7 nitrogen and oxygen atoms in total. The van der Waals surface area contributed by atoms with Gasteiger partial charge in [-0.3, -0.25) is 14.1 Å². The zero-order valence-corrected chi connectivity index (χ0v) is 11.3. The summed E-state index contributed by atoms with van der Waals surface area (Å²) in [6.07, 6.45) is 0.120. The van der Waals surface area contributed by atoms with Crippen LogP contribution in [-0.2, 0) is 19.7 Å². The van der Waals surface area contributed by atoms with Gasteiger partial charge in [0.1, 0.15) is 5.25 Å². The molecule has 3 unspecified atom stereocenters. The Labute approximate surface area is 111 Å². The maximum Gasteiger partial charge on any atom is 0.306 e. The normalized spacial score (nSPS) is 27.6. The van der Waals surface area contributed by atoms with Gasteiger partial charge in [-0.25, -0.2) is 0 Å². The van der Waals surface area contributed by atoms with E-state index in [0.29, 0.717) is 0 Å². The summed E-state index contributed by atoms with van der Waals surface area (Å²) in [5.74, 6) is -2.32. The molecule has 0 aromatic carbocycles. The fourth-order valence-electron chi connectivity index (χ4n) is 2.17. The molecule has 0 aliphatic heterocycles. The van der Waals surface area contributed by atoms with E-state index in [-0.39, 0.29) is 24.8 Å². The Morgan fingerprint density at radius 1 is 1.32 bits per heavy atom. The minimum absolute atomic E-state index is 0.00304. The standard InChI is InChI=1S/C11H17NO6S/c1-6(2)10(13)12-8-5-7(11(14)15)3-4-9(8)19(16,17)18/h7-9H,1,3-5H2,2H3,(H,12,13)(H,14,15)(H,16,17,18). The molecule has 8 heteroatoms. The van der Waals surface area contributed by atoms with Gasteiger partial charge in [-0.05, 0) is 26.2 Å². The van der Waals surface area contributed by atoms with E-state index >= 15 is 0 Å². The van der Waals surface area contributed by atoms with Gasteiger partial charge in [-0.2, -0.15) is 8.42 Å². The van der Waals surface area contributed by atoms with Gasteiger partial charge in [0.05, 0.1) is 5.92 Å². The second-order valence-electron chi connectivity index (χ2n) is 4.76. The number of carboxylic acid groups (broad SMARTS) is 1. The zero-order chi connectivity index (χ0) is 14.8. The van der Waals surface area contributed by atoms with Crippen LogP contribution >= 0.6 is 0 Å². The first-order valence-corrected chi connectivity index (χ1v) is 7.28. The Hall–Kier alpha value is -1.41. The summed E-state index contributed by atoms with van der Waals surface area (Å²) in [5.41, 5.74) is 0.187. The van der Waals surface area contributed by atoms with Crippen molar-refractivity contribution in [2.75, 3.05) is 0 Å². The minimum Gasteiger partial charge on any atom is -0.481 e. The van der Waals surface area contributed by atoms with Crippen LogP contribution in [0.5, 0.6) is 0 Å². The molecule has 108 valence electrons. The van der Waals surface area contributed by atoms with Crippen LogP contribution < -0.4 is 5.32 Å². The molecule has 0 bridgehead atoms. The molecule has 1 aliphatic carbocycles. The molecule has 0 radical (unpaired) electrons. The lowest BCUT2D eigenvalue weighted by atomic mass is 9.85. The lowest BCUT2D eigenvalue weighted by Crippen LogP contribution is -2.51. The van der Waals surface area contributed by atoms with Crippen LogP contribution in [0.3, 0.4) is 0 Å². The van der Waals surface area contributed by atoms with Crippen LogP contribution in [0, 0.1) is 5.92 Å². The van der Waals surface area contributed by atoms with Gasteiger partial charge in [-0.15, -0.1) is 0 Å². The number of carboxylic acids is 1. The van der Waals surface area contributed by atoms with Crippen LogP contribution in [-0.4, -0.2) is 41.2 Å². The summed E-state index contributed by atoms with van der Waals surface area (Å²) in [6.45, 7) is 4.88. The number of amides is 1. The predicted octanol–water partition coefficient (Wildman–Crippen LogP) is 0.188. The smallest absolute Gasteiger partial charge is 0.306 e. The highest BCUT2D eigenvalue weighted by atomic mass is 32.2. The molecule has 1 aliphatic rings. The Bertz CT molecular complexity index is 497. The predicted molar refractivity (Wildman–Crippen MR) is 67.1 cm³/mol. The highest BCUT2D eigenvalue weighted by Crippen LogP contribution is 2.29. The molecule has 0 aromatic heterocycles. The first kappa shape index (κ1) is 15.6. The molecular weight excluding hydrogens is 274 g/mol. The summed E-state index contributed by atoms with van der Waals surface area (Å²) >= 11 is 0. The van der Waals surface area contributed by atoms with Crippen LogP contribution in [0.4, 0.5) is 0 Å². The van der Waals surface area contributed by atoms with Crippen LogP contribution in [0.15, 0.2) is 12.2 Å². The molecule has 0 spiro atoms. The number of hydrogen-bond donors (Lipinski definition) is 3. The fourth-order valence-corrected chi connectivity index (χ4v) is 3.20. The van der Waals surface area contributed by atoms with E-state index in [0.717, 1.165) is 0 Å². The monoisotopic (exact) mass is 291 g/mol. The van der Waals surface area contributed by atoms with Crippen molar-refractivity contribution in [2.45, 2.75) is 37.5 Å². The Morgan fingerprint density at radius 2 is 1.89 bits per heavy atom. The highest BCUT2D eigenvalue weighted by molar-refractivity contribution is 7.86. The minimum atomic E-state index is -4.33. The van der Waals surface area contributed by atoms with Gasteiger partial charge >= 0.3 is 5.97 Å². The van der Waals surface area contributed by atoms with E-state index in [2.05, 4.69) is 11.9 Å². The van der Waals surface area contributed by atoms with Gasteiger partial charge in [-0.1, -0.05) is 6.58 Å². The molecule has 3 atom stereocenters. The molecule has 19 heavy (non-hydrogen) atoms. The van der Waals surface area contributed by atoms with Gasteiger partial charge in [0, 0.05) is 11.6 Å². The van der Waals surface area contributed by atoms with E-state index in [9.17, 15) is 18.0 Å². The van der Waals surface area contributed by atoms with Gasteiger partial charge in [0.25, 0.3) is 10.1 Å². The van der Waals surface area contributed by atoms with Crippen molar-refractivity contribution >= 4 is 22.0 Å². The number of carbonyl (C=O) groups excluding carboxylic acids is 1. The quantitative estimate of drug-likeness (QED) is 0.502. The number of rotatable bonds is 4. The first-order chi connectivity index (χ1) is 8.62. The number of carbonyl (C=O) groups is 2. The van der Waals surface area contributed by atoms with E-state index in [4.69, 9.17) is 9.66 Å². The van der Waals surface area contributed by atoms with Crippen molar-refractivity contribution in [2.24, 2.45) is 5.92 Å². The SMILES string of the molecule is C=C(C)C(=O)NC1CC(C(=O)O)CCC1S(=O)(=O)O. The molecule has 3 N–H and O–H groups in total. The number of nitrogens with one attached hydrogen (secondary N) is 1. The number of aliphatic carboxylic acids is 1. The van der Waals surface area contributed by atoms with E-state index in [1.54, 1.807) is 0 Å². The average molecular weight is 291 g/mol. The topological polar surface area (TPSA) is 121 Å². The highest BCUT2D eigenvalue weighted by Gasteiger charge is 2.40. The number of hydrogen-bond acceptors (Lipinski definition) is 4. The van der Waals surface area contributed by atoms with Crippen molar-refractivity contribution in [3.8, 4) is 0 Å². The van der Waals surface area contributed by atoms with Gasteiger partial charge in [0.2, 0.25) is 5.91 Å². The third-order valence-electron chi connectivity index (χ3n) is 3.22. The van der Waals surface area contributed by atoms with Crippen molar-refractivity contribution < 1.29 is 27.7 Å². The van der Waals surface area contributed by atoms with Gasteiger partial charge in [0.15, 0.2) is 0 Å². The summed E-state index contributed by atoms with van der Waals surface area (Å²) in [4.78, 5) is 22.5. The molecule has 0 aromatic rings. The fraction of sp³-hybridized carbons (Fsp3) is 0.636. The van der Waals surface area contributed by atoms with Crippen LogP contribution in [0.25, 0.3) is 0 Å². The molecule has 0 saturated heterocycles. The van der Waals surface area contributed by atoms with Crippen molar-refractivity contribution in [1.82, 2.24) is 5.32 Å². The lowest BCUT2D eigenvalue weighted by Gasteiger charge is -2.33. The molecule has 1 fully saturated rings.